The predicted molar refractivity (Wildman–Crippen MR) is 121 cm³/mol. The first-order valence-electron chi connectivity index (χ1n) is 9.59. The highest BCUT2D eigenvalue weighted by atomic mass is 35.5. The number of halogens is 1. The Bertz CT molecular complexity index is 1320. The van der Waals surface area contributed by atoms with Crippen molar-refractivity contribution < 1.29 is 9.53 Å². The van der Waals surface area contributed by atoms with Crippen molar-refractivity contribution in [3.63, 3.8) is 0 Å². The number of carbonyl (C=O) groups excluding carboxylic acids is 1. The zero-order valence-corrected chi connectivity index (χ0v) is 18.4. The van der Waals surface area contributed by atoms with Crippen molar-refractivity contribution in [3.05, 3.63) is 86.2 Å². The fourth-order valence-corrected chi connectivity index (χ4v) is 3.99. The number of aromatic nitrogens is 3. The Balaban J connectivity index is 1.47. The molecule has 0 bridgehead atoms. The third-order valence-corrected chi connectivity index (χ3v) is 5.94. The van der Waals surface area contributed by atoms with Crippen LogP contribution in [0.3, 0.4) is 0 Å². The smallest absolute Gasteiger partial charge is 0.275 e. The van der Waals surface area contributed by atoms with Gasteiger partial charge in [0.1, 0.15) is 17.4 Å². The molecule has 4 rings (SSSR count). The summed E-state index contributed by atoms with van der Waals surface area (Å²) in [6.07, 6.45) is 0. The molecule has 0 atom stereocenters. The average molecular weight is 455 g/mol. The van der Waals surface area contributed by atoms with Gasteiger partial charge in [0.15, 0.2) is 0 Å². The summed E-state index contributed by atoms with van der Waals surface area (Å²) in [5.41, 5.74) is 1.22. The van der Waals surface area contributed by atoms with E-state index in [0.29, 0.717) is 32.7 Å². The minimum Gasteiger partial charge on any atom is -0.487 e. The quantitative estimate of drug-likeness (QED) is 0.454. The van der Waals surface area contributed by atoms with E-state index in [0.717, 1.165) is 5.01 Å². The van der Waals surface area contributed by atoms with Crippen LogP contribution in [0.5, 0.6) is 5.75 Å². The summed E-state index contributed by atoms with van der Waals surface area (Å²) < 4.78 is 7.11. The van der Waals surface area contributed by atoms with Crippen LogP contribution in [0.2, 0.25) is 5.02 Å². The first-order valence-corrected chi connectivity index (χ1v) is 10.8. The number of fused-ring (bicyclic) bond motifs is 1. The van der Waals surface area contributed by atoms with Gasteiger partial charge in [-0.1, -0.05) is 55.0 Å². The van der Waals surface area contributed by atoms with Gasteiger partial charge >= 0.3 is 0 Å². The normalized spacial score (nSPS) is 11.1. The Hall–Kier alpha value is -3.23. The Morgan fingerprint density at radius 1 is 1.19 bits per heavy atom. The van der Waals surface area contributed by atoms with Gasteiger partial charge in [0, 0.05) is 23.7 Å². The van der Waals surface area contributed by atoms with Gasteiger partial charge in [0.05, 0.1) is 16.3 Å². The summed E-state index contributed by atoms with van der Waals surface area (Å²) >= 11 is 7.47. The van der Waals surface area contributed by atoms with Gasteiger partial charge < -0.3 is 10.1 Å². The Morgan fingerprint density at radius 3 is 2.77 bits per heavy atom. The average Bonchev–Trinajstić information content (AvgIpc) is 3.18. The van der Waals surface area contributed by atoms with Crippen molar-refractivity contribution >= 4 is 39.5 Å². The standard InChI is InChI=1S/C22H19ClN4O3S/c1-13(2)21-26-27-19(28)11-15(25-22(27)31-21)12-30-16-7-5-6-14(10-16)24-20(29)17-8-3-4-9-18(17)23/h3-11,13H,12H2,1-2H3,(H,24,29). The second-order valence-electron chi connectivity index (χ2n) is 7.13. The maximum absolute atomic E-state index is 12.4. The van der Waals surface area contributed by atoms with Crippen molar-refractivity contribution in [2.24, 2.45) is 0 Å². The zero-order valence-electron chi connectivity index (χ0n) is 16.8. The molecule has 0 unspecified atom stereocenters. The zero-order chi connectivity index (χ0) is 22.0. The Kier molecular flexibility index (Phi) is 6.01. The molecule has 9 heteroatoms. The second kappa shape index (κ2) is 8.87. The number of benzene rings is 2. The van der Waals surface area contributed by atoms with Crippen LogP contribution in [0.25, 0.3) is 4.96 Å². The van der Waals surface area contributed by atoms with Gasteiger partial charge in [0.25, 0.3) is 11.5 Å². The second-order valence-corrected chi connectivity index (χ2v) is 8.52. The molecule has 1 amide bonds. The molecule has 0 aliphatic carbocycles. The SMILES string of the molecule is CC(C)c1nn2c(=O)cc(COc3cccc(NC(=O)c4ccccc4Cl)c3)nc2s1. The molecule has 0 fully saturated rings. The first kappa shape index (κ1) is 21.0. The Morgan fingerprint density at radius 2 is 2.00 bits per heavy atom. The molecular formula is C22H19ClN4O3S. The fourth-order valence-electron chi connectivity index (χ4n) is 2.84. The predicted octanol–water partition coefficient (Wildman–Crippen LogP) is 4.76. The maximum Gasteiger partial charge on any atom is 0.275 e. The first-order chi connectivity index (χ1) is 14.9. The van der Waals surface area contributed by atoms with E-state index in [4.69, 9.17) is 16.3 Å². The van der Waals surface area contributed by atoms with Crippen LogP contribution in [0.1, 0.15) is 40.8 Å². The molecule has 2 aromatic carbocycles. The third-order valence-electron chi connectivity index (χ3n) is 4.40. The van der Waals surface area contributed by atoms with Crippen LogP contribution in [-0.4, -0.2) is 20.5 Å². The van der Waals surface area contributed by atoms with Gasteiger partial charge in [-0.25, -0.2) is 4.98 Å². The molecule has 7 nitrogen and oxygen atoms in total. The van der Waals surface area contributed by atoms with Crippen molar-refractivity contribution in [1.82, 2.24) is 14.6 Å². The molecule has 158 valence electrons. The maximum atomic E-state index is 12.4. The number of amides is 1. The van der Waals surface area contributed by atoms with Crippen LogP contribution in [0, 0.1) is 0 Å². The number of nitrogens with one attached hydrogen (secondary N) is 1. The van der Waals surface area contributed by atoms with Crippen LogP contribution < -0.4 is 15.6 Å². The molecule has 0 saturated carbocycles. The molecule has 0 spiro atoms. The molecule has 1 N–H and O–H groups in total. The van der Waals surface area contributed by atoms with E-state index in [2.05, 4.69) is 15.4 Å². The highest BCUT2D eigenvalue weighted by Crippen LogP contribution is 2.22. The molecule has 0 aliphatic heterocycles. The van der Waals surface area contributed by atoms with E-state index in [1.165, 1.54) is 21.9 Å². The van der Waals surface area contributed by atoms with E-state index in [9.17, 15) is 9.59 Å². The molecular weight excluding hydrogens is 436 g/mol. The summed E-state index contributed by atoms with van der Waals surface area (Å²) in [6, 6.07) is 15.2. The number of hydrogen-bond acceptors (Lipinski definition) is 6. The highest BCUT2D eigenvalue weighted by Gasteiger charge is 2.13. The van der Waals surface area contributed by atoms with Crippen molar-refractivity contribution in [2.75, 3.05) is 5.32 Å². The number of nitrogens with zero attached hydrogens (tertiary/aromatic N) is 3. The van der Waals surface area contributed by atoms with Crippen LogP contribution in [-0.2, 0) is 6.61 Å². The van der Waals surface area contributed by atoms with E-state index >= 15 is 0 Å². The van der Waals surface area contributed by atoms with Crippen LogP contribution in [0.15, 0.2) is 59.4 Å². The lowest BCUT2D eigenvalue weighted by Gasteiger charge is -2.10. The molecule has 0 saturated heterocycles. The summed E-state index contributed by atoms with van der Waals surface area (Å²) in [5, 5.41) is 8.35. The van der Waals surface area contributed by atoms with Gasteiger partial charge in [-0.05, 0) is 24.3 Å². The lowest BCUT2D eigenvalue weighted by Crippen LogP contribution is -2.16. The van der Waals surface area contributed by atoms with Gasteiger partial charge in [0.2, 0.25) is 4.96 Å². The van der Waals surface area contributed by atoms with Crippen molar-refractivity contribution in [3.8, 4) is 5.75 Å². The van der Waals surface area contributed by atoms with Gasteiger partial charge in [-0.15, -0.1) is 0 Å². The van der Waals surface area contributed by atoms with Crippen LogP contribution >= 0.6 is 22.9 Å². The minimum absolute atomic E-state index is 0.114. The summed E-state index contributed by atoms with van der Waals surface area (Å²) in [7, 11) is 0. The number of rotatable bonds is 6. The van der Waals surface area contributed by atoms with Gasteiger partial charge in [-0.3, -0.25) is 9.59 Å². The van der Waals surface area contributed by atoms with E-state index < -0.39 is 0 Å². The van der Waals surface area contributed by atoms with E-state index in [1.807, 2.05) is 13.8 Å². The highest BCUT2D eigenvalue weighted by molar-refractivity contribution is 7.16. The fraction of sp³-hybridized carbons (Fsp3) is 0.182. The lowest BCUT2D eigenvalue weighted by molar-refractivity contribution is 0.102. The summed E-state index contributed by atoms with van der Waals surface area (Å²) in [5.74, 6) is 0.440. The lowest BCUT2D eigenvalue weighted by atomic mass is 10.2. The topological polar surface area (TPSA) is 85.6 Å². The number of carbonyl (C=O) groups is 1. The van der Waals surface area contributed by atoms with E-state index in [-0.39, 0.29) is 24.0 Å². The number of anilines is 1. The van der Waals surface area contributed by atoms with E-state index in [1.54, 1.807) is 48.5 Å². The third kappa shape index (κ3) is 4.76. The summed E-state index contributed by atoms with van der Waals surface area (Å²) in [6.45, 7) is 4.15. The summed E-state index contributed by atoms with van der Waals surface area (Å²) in [4.78, 5) is 29.8. The molecule has 0 radical (unpaired) electrons. The monoisotopic (exact) mass is 454 g/mol. The Labute approximate surface area is 187 Å². The minimum atomic E-state index is -0.311. The molecule has 2 aromatic heterocycles. The number of ether oxygens (including phenoxy) is 1. The van der Waals surface area contributed by atoms with Crippen molar-refractivity contribution in [1.29, 1.82) is 0 Å². The largest absolute Gasteiger partial charge is 0.487 e. The van der Waals surface area contributed by atoms with Crippen LogP contribution in [0.4, 0.5) is 5.69 Å². The van der Waals surface area contributed by atoms with Gasteiger partial charge in [-0.2, -0.15) is 9.61 Å². The molecule has 4 aromatic rings. The molecule has 2 heterocycles. The molecule has 0 aliphatic rings. The number of hydrogen-bond donors (Lipinski definition) is 1. The van der Waals surface area contributed by atoms with Crippen molar-refractivity contribution in [2.45, 2.75) is 26.4 Å². The molecule has 31 heavy (non-hydrogen) atoms.